The van der Waals surface area contributed by atoms with Gasteiger partial charge in [0.2, 0.25) is 6.41 Å². The summed E-state index contributed by atoms with van der Waals surface area (Å²) in [6.45, 7) is 2.17. The van der Waals surface area contributed by atoms with Gasteiger partial charge in [0.1, 0.15) is 12.2 Å². The average Bonchev–Trinajstić information content (AvgIpc) is 2.44. The van der Waals surface area contributed by atoms with Gasteiger partial charge in [0.15, 0.2) is 0 Å². The summed E-state index contributed by atoms with van der Waals surface area (Å²) >= 11 is 0. The molecular formula is C9H12F3N3O2. The zero-order valence-corrected chi connectivity index (χ0v) is 9.28. The lowest BCUT2D eigenvalue weighted by molar-refractivity contribution is -0.142. The van der Waals surface area contributed by atoms with Crippen LogP contribution in [0, 0.1) is 0 Å². The Kier molecular flexibility index (Phi) is 3.97. The third-order valence-corrected chi connectivity index (χ3v) is 1.63. The zero-order chi connectivity index (χ0) is 13.1. The highest BCUT2D eigenvalue weighted by Gasteiger charge is 2.29. The van der Waals surface area contributed by atoms with E-state index in [1.165, 1.54) is 0 Å². The fraction of sp³-hybridized carbons (Fsp3) is 0.556. The van der Waals surface area contributed by atoms with Gasteiger partial charge in [-0.1, -0.05) is 0 Å². The van der Waals surface area contributed by atoms with E-state index in [2.05, 4.69) is 10.4 Å². The van der Waals surface area contributed by atoms with Crippen molar-refractivity contribution in [1.82, 2.24) is 9.78 Å². The Bertz CT molecular complexity index is 387. The highest BCUT2D eigenvalue weighted by molar-refractivity contribution is 5.73. The fourth-order valence-electron chi connectivity index (χ4n) is 1.14. The van der Waals surface area contributed by atoms with Gasteiger partial charge >= 0.3 is 6.18 Å². The molecule has 8 heteroatoms. The molecule has 5 nitrogen and oxygen atoms in total. The van der Waals surface area contributed by atoms with Crippen molar-refractivity contribution >= 4 is 12.1 Å². The number of nitrogens with zero attached hydrogens (tertiary/aromatic N) is 2. The lowest BCUT2D eigenvalue weighted by atomic mass is 10.4. The first-order valence-electron chi connectivity index (χ1n) is 4.83. The largest absolute Gasteiger partial charge is 0.472 e. The number of hydrogen-bond donors (Lipinski definition) is 1. The quantitative estimate of drug-likeness (QED) is 0.812. The van der Waals surface area contributed by atoms with E-state index in [-0.39, 0.29) is 17.7 Å². The Morgan fingerprint density at radius 1 is 1.59 bits per heavy atom. The second-order valence-corrected chi connectivity index (χ2v) is 3.59. The van der Waals surface area contributed by atoms with Crippen LogP contribution in [-0.2, 0) is 11.3 Å². The Morgan fingerprint density at radius 2 is 2.24 bits per heavy atom. The molecule has 0 spiro atoms. The number of anilines is 1. The van der Waals surface area contributed by atoms with Gasteiger partial charge in [0, 0.05) is 0 Å². The van der Waals surface area contributed by atoms with E-state index >= 15 is 0 Å². The van der Waals surface area contributed by atoms with Crippen LogP contribution in [0.1, 0.15) is 13.8 Å². The van der Waals surface area contributed by atoms with Gasteiger partial charge in [-0.05, 0) is 13.8 Å². The lowest BCUT2D eigenvalue weighted by Crippen LogP contribution is -2.18. The molecule has 0 radical (unpaired) electrons. The van der Waals surface area contributed by atoms with E-state index in [0.29, 0.717) is 11.1 Å². The number of hydrogen-bond acceptors (Lipinski definition) is 3. The highest BCUT2D eigenvalue weighted by atomic mass is 19.4. The van der Waals surface area contributed by atoms with E-state index < -0.39 is 12.7 Å². The van der Waals surface area contributed by atoms with Crippen molar-refractivity contribution in [3.05, 3.63) is 6.20 Å². The normalized spacial score (nSPS) is 11.6. The molecular weight excluding hydrogens is 239 g/mol. The summed E-state index contributed by atoms with van der Waals surface area (Å²) in [5.41, 5.74) is 0.109. The summed E-state index contributed by atoms with van der Waals surface area (Å²) in [6.07, 6.45) is -3.21. The van der Waals surface area contributed by atoms with Crippen molar-refractivity contribution in [1.29, 1.82) is 0 Å². The number of amides is 1. The summed E-state index contributed by atoms with van der Waals surface area (Å²) < 4.78 is 42.3. The molecule has 0 aromatic carbocycles. The maximum Gasteiger partial charge on any atom is 0.408 e. The first-order valence-corrected chi connectivity index (χ1v) is 4.83. The molecule has 0 bridgehead atoms. The number of carbonyl (C=O) groups is 1. The molecule has 0 atom stereocenters. The first-order chi connectivity index (χ1) is 7.81. The summed E-state index contributed by atoms with van der Waals surface area (Å²) in [5.74, 6) is -0.0312. The molecule has 0 aliphatic carbocycles. The Balaban J connectivity index is 2.90. The predicted octanol–water partition coefficient (Wildman–Crippen LogP) is 1.80. The van der Waals surface area contributed by atoms with Crippen molar-refractivity contribution in [3.8, 4) is 5.88 Å². The van der Waals surface area contributed by atoms with Crippen LogP contribution >= 0.6 is 0 Å². The second kappa shape index (κ2) is 5.07. The Hall–Kier alpha value is -1.73. The van der Waals surface area contributed by atoms with Crippen LogP contribution in [0.3, 0.4) is 0 Å². The minimum atomic E-state index is -4.38. The van der Waals surface area contributed by atoms with E-state index in [4.69, 9.17) is 4.74 Å². The third-order valence-electron chi connectivity index (χ3n) is 1.63. The number of nitrogens with one attached hydrogen (secondary N) is 1. The van der Waals surface area contributed by atoms with Crippen molar-refractivity contribution in [2.24, 2.45) is 0 Å². The molecule has 1 aromatic rings. The molecule has 96 valence electrons. The smallest absolute Gasteiger partial charge is 0.408 e. The number of rotatable bonds is 5. The summed E-state index contributed by atoms with van der Waals surface area (Å²) in [4.78, 5) is 10.3. The summed E-state index contributed by atoms with van der Waals surface area (Å²) in [7, 11) is 0. The number of carbonyl (C=O) groups excluding carboxylic acids is 1. The highest BCUT2D eigenvalue weighted by Crippen LogP contribution is 2.25. The van der Waals surface area contributed by atoms with Gasteiger partial charge in [-0.15, -0.1) is 5.10 Å². The van der Waals surface area contributed by atoms with Gasteiger partial charge in [0.25, 0.3) is 5.88 Å². The van der Waals surface area contributed by atoms with Crippen LogP contribution in [0.15, 0.2) is 6.20 Å². The van der Waals surface area contributed by atoms with Crippen LogP contribution in [-0.4, -0.2) is 28.5 Å². The van der Waals surface area contributed by atoms with Crippen LogP contribution < -0.4 is 10.1 Å². The van der Waals surface area contributed by atoms with Crippen LogP contribution in [0.5, 0.6) is 5.88 Å². The topological polar surface area (TPSA) is 56.1 Å². The van der Waals surface area contributed by atoms with Crippen molar-refractivity contribution in [2.45, 2.75) is 32.7 Å². The molecule has 1 N–H and O–H groups in total. The van der Waals surface area contributed by atoms with Gasteiger partial charge in [0.05, 0.1) is 12.3 Å². The van der Waals surface area contributed by atoms with Gasteiger partial charge in [-0.25, -0.2) is 0 Å². The van der Waals surface area contributed by atoms with Gasteiger partial charge < -0.3 is 10.1 Å². The van der Waals surface area contributed by atoms with Gasteiger partial charge in [-0.3, -0.25) is 9.48 Å². The number of halogens is 3. The monoisotopic (exact) mass is 251 g/mol. The third kappa shape index (κ3) is 4.33. The van der Waals surface area contributed by atoms with Crippen LogP contribution in [0.2, 0.25) is 0 Å². The Morgan fingerprint density at radius 3 is 2.71 bits per heavy atom. The van der Waals surface area contributed by atoms with E-state index in [9.17, 15) is 18.0 Å². The average molecular weight is 251 g/mol. The minimum Gasteiger partial charge on any atom is -0.472 e. The number of ether oxygens (including phenoxy) is 1. The molecule has 0 unspecified atom stereocenters. The van der Waals surface area contributed by atoms with Crippen molar-refractivity contribution < 1.29 is 22.7 Å². The molecule has 0 aliphatic heterocycles. The van der Waals surface area contributed by atoms with Crippen LogP contribution in [0.4, 0.5) is 18.9 Å². The van der Waals surface area contributed by atoms with E-state index in [0.717, 1.165) is 6.20 Å². The standard InChI is InChI=1S/C9H12F3N3O2/c1-6(2)17-8-7(13-5-16)3-15(14-8)4-9(10,11)12/h3,5-6H,4H2,1-2H3,(H,13,16). The second-order valence-electron chi connectivity index (χ2n) is 3.59. The van der Waals surface area contributed by atoms with Gasteiger partial charge in [-0.2, -0.15) is 13.2 Å². The SMILES string of the molecule is CC(C)Oc1nn(CC(F)(F)F)cc1NC=O. The fourth-order valence-corrected chi connectivity index (χ4v) is 1.14. The van der Waals surface area contributed by atoms with Crippen molar-refractivity contribution in [2.75, 3.05) is 5.32 Å². The first kappa shape index (κ1) is 13.3. The zero-order valence-electron chi connectivity index (χ0n) is 9.28. The van der Waals surface area contributed by atoms with Crippen molar-refractivity contribution in [3.63, 3.8) is 0 Å². The predicted molar refractivity (Wildman–Crippen MR) is 53.7 cm³/mol. The van der Waals surface area contributed by atoms with E-state index in [1.807, 2.05) is 0 Å². The molecule has 1 heterocycles. The number of aromatic nitrogens is 2. The molecule has 0 saturated heterocycles. The molecule has 0 aliphatic rings. The summed E-state index contributed by atoms with van der Waals surface area (Å²) in [5, 5.41) is 5.84. The maximum absolute atomic E-state index is 12.1. The molecule has 1 amide bonds. The molecule has 0 fully saturated rings. The molecule has 17 heavy (non-hydrogen) atoms. The molecule has 1 rings (SSSR count). The lowest BCUT2D eigenvalue weighted by Gasteiger charge is -2.07. The van der Waals surface area contributed by atoms with Crippen LogP contribution in [0.25, 0.3) is 0 Å². The summed E-state index contributed by atoms with van der Waals surface area (Å²) in [6, 6.07) is 0. The maximum atomic E-state index is 12.1. The Labute approximate surface area is 95.5 Å². The number of alkyl halides is 3. The molecule has 0 saturated carbocycles. The minimum absolute atomic E-state index is 0.0312. The van der Waals surface area contributed by atoms with E-state index in [1.54, 1.807) is 13.8 Å². The molecule has 1 aromatic heterocycles.